The predicted octanol–water partition coefficient (Wildman–Crippen LogP) is 2.78. The largest absolute Gasteiger partial charge is 0.453 e. The zero-order chi connectivity index (χ0) is 12.7. The van der Waals surface area contributed by atoms with Crippen molar-refractivity contribution in [1.29, 1.82) is 0 Å². The minimum Gasteiger partial charge on any atom is -0.453 e. The van der Waals surface area contributed by atoms with Gasteiger partial charge in [0.05, 0.1) is 0 Å². The van der Waals surface area contributed by atoms with Crippen LogP contribution in [0.1, 0.15) is 23.0 Å². The van der Waals surface area contributed by atoms with Gasteiger partial charge in [0.25, 0.3) is 0 Å². The number of hydrogen-bond donors (Lipinski definition) is 1. The number of benzene rings is 1. The number of aryl methyl sites for hydroxylation is 1. The van der Waals surface area contributed by atoms with Crippen LogP contribution < -0.4 is 5.32 Å². The fourth-order valence-corrected chi connectivity index (χ4v) is 2.39. The molecule has 1 aromatic heterocycles. The quantitative estimate of drug-likeness (QED) is 0.843. The second-order valence-corrected chi connectivity index (χ2v) is 5.22. The average Bonchev–Trinajstić information content (AvgIpc) is 2.68. The molecular weight excluding hydrogens is 226 g/mol. The van der Waals surface area contributed by atoms with Gasteiger partial charge in [-0.15, -0.1) is 0 Å². The van der Waals surface area contributed by atoms with Crippen LogP contribution in [0.15, 0.2) is 28.7 Å². The molecule has 2 aromatic rings. The van der Waals surface area contributed by atoms with Crippen LogP contribution in [0, 0.1) is 18.8 Å². The van der Waals surface area contributed by atoms with Crippen molar-refractivity contribution in [2.24, 2.45) is 11.8 Å². The van der Waals surface area contributed by atoms with E-state index in [0.29, 0.717) is 11.7 Å². The Balaban J connectivity index is 1.91. The van der Waals surface area contributed by atoms with Crippen LogP contribution in [0.2, 0.25) is 0 Å². The number of Topliss-reactive ketones (excluding diaryl/α,β-unsaturated/α-hetero) is 1. The first kappa shape index (κ1) is 11.5. The normalized spacial score (nSPS) is 17.7. The summed E-state index contributed by atoms with van der Waals surface area (Å²) in [5, 5.41) is 4.21. The summed E-state index contributed by atoms with van der Waals surface area (Å²) < 4.78 is 5.65. The molecule has 1 unspecified atom stereocenters. The minimum atomic E-state index is 0.0351. The number of nitrogens with one attached hydrogen (secondary N) is 1. The van der Waals surface area contributed by atoms with Gasteiger partial charge in [-0.2, -0.15) is 0 Å². The maximum atomic E-state index is 12.3. The van der Waals surface area contributed by atoms with Crippen LogP contribution in [0.3, 0.4) is 0 Å². The van der Waals surface area contributed by atoms with Gasteiger partial charge in [-0.05, 0) is 44.1 Å². The van der Waals surface area contributed by atoms with Gasteiger partial charge < -0.3 is 9.73 Å². The molecule has 1 aliphatic rings. The lowest BCUT2D eigenvalue weighted by Gasteiger charge is -2.31. The van der Waals surface area contributed by atoms with Crippen molar-refractivity contribution in [3.05, 3.63) is 35.6 Å². The van der Waals surface area contributed by atoms with Crippen molar-refractivity contribution in [3.63, 3.8) is 0 Å². The van der Waals surface area contributed by atoms with E-state index in [9.17, 15) is 4.79 Å². The van der Waals surface area contributed by atoms with Gasteiger partial charge in [0.15, 0.2) is 5.76 Å². The van der Waals surface area contributed by atoms with Gasteiger partial charge in [0, 0.05) is 11.3 Å². The number of ketones is 1. The first-order valence-electron chi connectivity index (χ1n) is 6.40. The van der Waals surface area contributed by atoms with E-state index in [1.807, 2.05) is 38.1 Å². The van der Waals surface area contributed by atoms with Crippen LogP contribution in [0.5, 0.6) is 0 Å². The standard InChI is InChI=1S/C15H17NO2/c1-9-3-4-13-11(5-9)6-14(18-13)15(17)10(2)12-7-16-8-12/h3-6,10,12,16H,7-8H2,1-2H3. The van der Waals surface area contributed by atoms with Gasteiger partial charge in [-0.1, -0.05) is 18.6 Å². The second-order valence-electron chi connectivity index (χ2n) is 5.22. The number of hydrogen-bond acceptors (Lipinski definition) is 3. The zero-order valence-electron chi connectivity index (χ0n) is 10.7. The minimum absolute atomic E-state index is 0.0351. The van der Waals surface area contributed by atoms with Crippen molar-refractivity contribution in [3.8, 4) is 0 Å². The molecule has 1 aliphatic heterocycles. The van der Waals surface area contributed by atoms with Crippen molar-refractivity contribution in [1.82, 2.24) is 5.32 Å². The molecule has 1 atom stereocenters. The van der Waals surface area contributed by atoms with E-state index < -0.39 is 0 Å². The Bertz CT molecular complexity index is 596. The Hall–Kier alpha value is -1.61. The molecule has 3 heteroatoms. The summed E-state index contributed by atoms with van der Waals surface area (Å²) in [6.45, 7) is 5.90. The van der Waals surface area contributed by atoms with E-state index in [-0.39, 0.29) is 11.7 Å². The molecule has 18 heavy (non-hydrogen) atoms. The molecule has 94 valence electrons. The Kier molecular flexibility index (Phi) is 2.71. The number of fused-ring (bicyclic) bond motifs is 1. The number of carbonyl (C=O) groups excluding carboxylic acids is 1. The van der Waals surface area contributed by atoms with Gasteiger partial charge >= 0.3 is 0 Å². The first-order valence-corrected chi connectivity index (χ1v) is 6.40. The van der Waals surface area contributed by atoms with Crippen molar-refractivity contribution in [2.75, 3.05) is 13.1 Å². The van der Waals surface area contributed by atoms with Crippen molar-refractivity contribution in [2.45, 2.75) is 13.8 Å². The highest BCUT2D eigenvalue weighted by atomic mass is 16.3. The molecule has 0 saturated carbocycles. The van der Waals surface area contributed by atoms with E-state index in [1.165, 1.54) is 5.56 Å². The highest BCUT2D eigenvalue weighted by Crippen LogP contribution is 2.26. The summed E-state index contributed by atoms with van der Waals surface area (Å²) in [7, 11) is 0. The molecule has 0 aliphatic carbocycles. The fraction of sp³-hybridized carbons (Fsp3) is 0.400. The molecule has 3 nitrogen and oxygen atoms in total. The van der Waals surface area contributed by atoms with E-state index >= 15 is 0 Å². The van der Waals surface area contributed by atoms with Crippen LogP contribution in [-0.4, -0.2) is 18.9 Å². The van der Waals surface area contributed by atoms with Gasteiger partial charge in [-0.25, -0.2) is 0 Å². The third-order valence-electron chi connectivity index (χ3n) is 3.85. The molecule has 1 N–H and O–H groups in total. The Morgan fingerprint density at radius 2 is 2.17 bits per heavy atom. The molecule has 0 bridgehead atoms. The highest BCUT2D eigenvalue weighted by molar-refractivity contribution is 5.99. The fourth-order valence-electron chi connectivity index (χ4n) is 2.39. The predicted molar refractivity (Wildman–Crippen MR) is 70.8 cm³/mol. The van der Waals surface area contributed by atoms with E-state index in [1.54, 1.807) is 0 Å². The third-order valence-corrected chi connectivity index (χ3v) is 3.85. The Labute approximate surface area is 106 Å². The van der Waals surface area contributed by atoms with Crippen LogP contribution in [0.4, 0.5) is 0 Å². The molecule has 0 amide bonds. The maximum absolute atomic E-state index is 12.3. The SMILES string of the molecule is Cc1ccc2oc(C(=O)C(C)C3CNC3)cc2c1. The first-order chi connectivity index (χ1) is 8.65. The molecule has 1 aromatic carbocycles. The lowest BCUT2D eigenvalue weighted by molar-refractivity contribution is 0.0827. The Morgan fingerprint density at radius 1 is 1.39 bits per heavy atom. The summed E-state index contributed by atoms with van der Waals surface area (Å²) in [4.78, 5) is 12.3. The van der Waals surface area contributed by atoms with Crippen molar-refractivity contribution < 1.29 is 9.21 Å². The lowest BCUT2D eigenvalue weighted by Crippen LogP contribution is -2.47. The second kappa shape index (κ2) is 4.25. The maximum Gasteiger partial charge on any atom is 0.201 e. The Morgan fingerprint density at radius 3 is 2.83 bits per heavy atom. The zero-order valence-corrected chi connectivity index (χ0v) is 10.7. The highest BCUT2D eigenvalue weighted by Gasteiger charge is 2.30. The molecule has 2 heterocycles. The molecule has 0 radical (unpaired) electrons. The van der Waals surface area contributed by atoms with Crippen LogP contribution in [0.25, 0.3) is 11.0 Å². The molecule has 0 spiro atoms. The monoisotopic (exact) mass is 243 g/mol. The summed E-state index contributed by atoms with van der Waals surface area (Å²) in [5.74, 6) is 1.10. The van der Waals surface area contributed by atoms with Crippen molar-refractivity contribution >= 4 is 16.8 Å². The summed E-state index contributed by atoms with van der Waals surface area (Å²) in [6, 6.07) is 7.84. The molecule has 3 rings (SSSR count). The topological polar surface area (TPSA) is 42.2 Å². The summed E-state index contributed by atoms with van der Waals surface area (Å²) in [6.07, 6.45) is 0. The summed E-state index contributed by atoms with van der Waals surface area (Å²) in [5.41, 5.74) is 1.97. The molecular formula is C15H17NO2. The number of furan rings is 1. The van der Waals surface area contributed by atoms with Gasteiger partial charge in [0.1, 0.15) is 5.58 Å². The van der Waals surface area contributed by atoms with Gasteiger partial charge in [-0.3, -0.25) is 4.79 Å². The van der Waals surface area contributed by atoms with Crippen LogP contribution >= 0.6 is 0 Å². The molecule has 1 fully saturated rings. The van der Waals surface area contributed by atoms with Crippen LogP contribution in [-0.2, 0) is 0 Å². The van der Waals surface area contributed by atoms with E-state index in [4.69, 9.17) is 4.42 Å². The molecule has 1 saturated heterocycles. The third kappa shape index (κ3) is 1.85. The van der Waals surface area contributed by atoms with Gasteiger partial charge in [0.2, 0.25) is 5.78 Å². The van der Waals surface area contributed by atoms with E-state index in [2.05, 4.69) is 5.32 Å². The van der Waals surface area contributed by atoms with E-state index in [0.717, 1.165) is 24.1 Å². The summed E-state index contributed by atoms with van der Waals surface area (Å²) >= 11 is 0. The number of carbonyl (C=O) groups is 1. The average molecular weight is 243 g/mol. The lowest BCUT2D eigenvalue weighted by atomic mass is 9.85. The smallest absolute Gasteiger partial charge is 0.201 e. The number of rotatable bonds is 3.